The summed E-state index contributed by atoms with van der Waals surface area (Å²) in [5, 5.41) is 9.32. The van der Waals surface area contributed by atoms with E-state index in [0.29, 0.717) is 5.56 Å². The van der Waals surface area contributed by atoms with Crippen LogP contribution in [-0.4, -0.2) is 17.4 Å². The van der Waals surface area contributed by atoms with Gasteiger partial charge in [-0.15, -0.1) is 0 Å². The summed E-state index contributed by atoms with van der Waals surface area (Å²) in [5.41, 5.74) is 2.39. The van der Waals surface area contributed by atoms with Crippen molar-refractivity contribution < 1.29 is 14.3 Å². The Labute approximate surface area is 127 Å². The average molecular weight is 292 g/mol. The number of Topliss-reactive ketones (excluding diaryl/α,β-unsaturated/α-hetero) is 1. The Balaban J connectivity index is 1.79. The predicted molar refractivity (Wildman–Crippen MR) is 78.3 cm³/mol. The lowest BCUT2D eigenvalue weighted by molar-refractivity contribution is 0.0269. The van der Waals surface area contributed by atoms with Crippen molar-refractivity contribution >= 4 is 11.4 Å². The summed E-state index contributed by atoms with van der Waals surface area (Å²) in [6.45, 7) is 0.0914. The number of hydrogen-bond donors (Lipinski definition) is 0. The van der Waals surface area contributed by atoms with Gasteiger partial charge in [-0.2, -0.15) is 5.26 Å². The molecule has 1 aliphatic heterocycles. The largest absolute Gasteiger partial charge is 0.459 e. The number of allylic oxidation sites excluding steroid dienone is 1. The van der Waals surface area contributed by atoms with E-state index in [0.717, 1.165) is 11.1 Å². The number of carbonyl (C=O) groups is 1. The Morgan fingerprint density at radius 1 is 1.32 bits per heavy atom. The van der Waals surface area contributed by atoms with Crippen LogP contribution in [0.2, 0.25) is 0 Å². The van der Waals surface area contributed by atoms with E-state index in [1.54, 1.807) is 42.7 Å². The first-order valence-electron chi connectivity index (χ1n) is 6.71. The SMILES string of the molecule is N#CC1=C(OCC(=O)c2ccccc2)OCc2cnccc21. The molecule has 0 radical (unpaired) electrons. The number of rotatable bonds is 4. The van der Waals surface area contributed by atoms with Gasteiger partial charge in [0.25, 0.3) is 5.95 Å². The summed E-state index contributed by atoms with van der Waals surface area (Å²) in [5.74, 6) is -0.0833. The second-order valence-corrected chi connectivity index (χ2v) is 4.67. The Kier molecular flexibility index (Phi) is 3.84. The summed E-state index contributed by atoms with van der Waals surface area (Å²) in [6, 6.07) is 12.6. The number of fused-ring (bicyclic) bond motifs is 1. The highest BCUT2D eigenvalue weighted by molar-refractivity contribution is 5.97. The van der Waals surface area contributed by atoms with Crippen LogP contribution in [0.25, 0.3) is 5.57 Å². The molecule has 0 amide bonds. The fourth-order valence-electron chi connectivity index (χ4n) is 2.17. The molecule has 2 aromatic rings. The van der Waals surface area contributed by atoms with Gasteiger partial charge in [-0.3, -0.25) is 9.78 Å². The lowest BCUT2D eigenvalue weighted by Crippen LogP contribution is -2.14. The van der Waals surface area contributed by atoms with Crippen molar-refractivity contribution in [3.05, 3.63) is 71.4 Å². The molecule has 1 aromatic heterocycles. The van der Waals surface area contributed by atoms with E-state index in [1.165, 1.54) is 0 Å². The first-order valence-corrected chi connectivity index (χ1v) is 6.71. The van der Waals surface area contributed by atoms with Crippen molar-refractivity contribution in [2.45, 2.75) is 6.61 Å². The summed E-state index contributed by atoms with van der Waals surface area (Å²) < 4.78 is 10.9. The minimum absolute atomic E-state index is 0.0884. The Bertz CT molecular complexity index is 776. The maximum atomic E-state index is 12.0. The first kappa shape index (κ1) is 13.8. The molecule has 0 saturated carbocycles. The molecule has 1 aromatic carbocycles. The van der Waals surface area contributed by atoms with E-state index in [1.807, 2.05) is 6.07 Å². The highest BCUT2D eigenvalue weighted by Crippen LogP contribution is 2.29. The van der Waals surface area contributed by atoms with Gasteiger partial charge in [0, 0.05) is 29.1 Å². The van der Waals surface area contributed by atoms with E-state index in [9.17, 15) is 10.1 Å². The molecular weight excluding hydrogens is 280 g/mol. The normalized spacial score (nSPS) is 12.9. The van der Waals surface area contributed by atoms with Crippen LogP contribution in [0.15, 0.2) is 54.7 Å². The van der Waals surface area contributed by atoms with Crippen LogP contribution in [0.4, 0.5) is 0 Å². The van der Waals surface area contributed by atoms with Crippen LogP contribution < -0.4 is 0 Å². The van der Waals surface area contributed by atoms with E-state index in [2.05, 4.69) is 11.1 Å². The molecule has 5 heteroatoms. The monoisotopic (exact) mass is 292 g/mol. The smallest absolute Gasteiger partial charge is 0.299 e. The zero-order valence-corrected chi connectivity index (χ0v) is 11.7. The van der Waals surface area contributed by atoms with Gasteiger partial charge in [-0.1, -0.05) is 30.3 Å². The van der Waals surface area contributed by atoms with Crippen molar-refractivity contribution in [1.82, 2.24) is 4.98 Å². The number of ether oxygens (including phenoxy) is 2. The second-order valence-electron chi connectivity index (χ2n) is 4.67. The average Bonchev–Trinajstić information content (AvgIpc) is 2.59. The number of nitriles is 1. The number of hydrogen-bond acceptors (Lipinski definition) is 5. The van der Waals surface area contributed by atoms with Gasteiger partial charge in [0.15, 0.2) is 12.4 Å². The highest BCUT2D eigenvalue weighted by atomic mass is 16.7. The Morgan fingerprint density at radius 3 is 2.91 bits per heavy atom. The number of pyridine rings is 1. The van der Waals surface area contributed by atoms with Gasteiger partial charge < -0.3 is 9.47 Å². The maximum absolute atomic E-state index is 12.0. The molecule has 0 aliphatic carbocycles. The van der Waals surface area contributed by atoms with Crippen molar-refractivity contribution in [3.63, 3.8) is 0 Å². The molecule has 2 heterocycles. The van der Waals surface area contributed by atoms with Crippen LogP contribution in [0.1, 0.15) is 21.5 Å². The van der Waals surface area contributed by atoms with Crippen LogP contribution in [0.5, 0.6) is 0 Å². The van der Waals surface area contributed by atoms with Crippen LogP contribution in [-0.2, 0) is 16.1 Å². The van der Waals surface area contributed by atoms with Crippen LogP contribution in [0, 0.1) is 11.3 Å². The minimum atomic E-state index is -0.176. The number of benzene rings is 1. The van der Waals surface area contributed by atoms with Gasteiger partial charge in [0.05, 0.1) is 0 Å². The summed E-state index contributed by atoms with van der Waals surface area (Å²) in [7, 11) is 0. The van der Waals surface area contributed by atoms with Crippen molar-refractivity contribution in [1.29, 1.82) is 5.26 Å². The lowest BCUT2D eigenvalue weighted by atomic mass is 10.0. The van der Waals surface area contributed by atoms with Gasteiger partial charge in [0.1, 0.15) is 18.2 Å². The number of aromatic nitrogens is 1. The van der Waals surface area contributed by atoms with Gasteiger partial charge >= 0.3 is 0 Å². The third-order valence-electron chi connectivity index (χ3n) is 3.28. The van der Waals surface area contributed by atoms with Crippen molar-refractivity contribution in [3.8, 4) is 6.07 Å². The molecule has 0 spiro atoms. The third kappa shape index (κ3) is 2.67. The molecule has 22 heavy (non-hydrogen) atoms. The molecule has 1 aliphatic rings. The Morgan fingerprint density at radius 2 is 2.14 bits per heavy atom. The predicted octanol–water partition coefficient (Wildman–Crippen LogP) is 2.70. The van der Waals surface area contributed by atoms with Crippen molar-refractivity contribution in [2.24, 2.45) is 0 Å². The molecule has 5 nitrogen and oxygen atoms in total. The molecule has 0 atom stereocenters. The van der Waals surface area contributed by atoms with E-state index < -0.39 is 0 Å². The maximum Gasteiger partial charge on any atom is 0.299 e. The van der Waals surface area contributed by atoms with Crippen LogP contribution in [0.3, 0.4) is 0 Å². The molecule has 0 unspecified atom stereocenters. The molecule has 0 bridgehead atoms. The van der Waals surface area contributed by atoms with Gasteiger partial charge in [-0.05, 0) is 6.07 Å². The van der Waals surface area contributed by atoms with E-state index in [4.69, 9.17) is 9.47 Å². The number of nitrogens with zero attached hydrogens (tertiary/aromatic N) is 2. The fraction of sp³-hybridized carbons (Fsp3) is 0.118. The topological polar surface area (TPSA) is 72.2 Å². The standard InChI is InChI=1S/C17H12N2O3/c18-8-15-14-6-7-19-9-13(14)10-21-17(15)22-11-16(20)12-4-2-1-3-5-12/h1-7,9H,10-11H2. The molecule has 0 fully saturated rings. The number of ketones is 1. The molecule has 0 saturated heterocycles. The molecule has 0 N–H and O–H groups in total. The fourth-order valence-corrected chi connectivity index (χ4v) is 2.17. The zero-order chi connectivity index (χ0) is 15.4. The van der Waals surface area contributed by atoms with E-state index >= 15 is 0 Å². The lowest BCUT2D eigenvalue weighted by Gasteiger charge is -2.19. The van der Waals surface area contributed by atoms with Crippen molar-refractivity contribution in [2.75, 3.05) is 6.61 Å². The highest BCUT2D eigenvalue weighted by Gasteiger charge is 2.22. The summed E-state index contributed by atoms with van der Waals surface area (Å²) in [4.78, 5) is 16.0. The second kappa shape index (κ2) is 6.10. The zero-order valence-electron chi connectivity index (χ0n) is 11.7. The van der Waals surface area contributed by atoms with Gasteiger partial charge in [-0.25, -0.2) is 0 Å². The third-order valence-corrected chi connectivity index (χ3v) is 3.28. The number of carbonyl (C=O) groups excluding carboxylic acids is 1. The van der Waals surface area contributed by atoms with Gasteiger partial charge in [0.2, 0.25) is 0 Å². The molecule has 108 valence electrons. The summed E-state index contributed by atoms with van der Waals surface area (Å²) >= 11 is 0. The molecule has 3 rings (SSSR count). The molecular formula is C17H12N2O3. The van der Waals surface area contributed by atoms with E-state index in [-0.39, 0.29) is 30.5 Å². The quantitative estimate of drug-likeness (QED) is 0.810. The summed E-state index contributed by atoms with van der Waals surface area (Å²) in [6.07, 6.45) is 3.26. The minimum Gasteiger partial charge on any atom is -0.459 e. The first-order chi connectivity index (χ1) is 10.8. The van der Waals surface area contributed by atoms with Crippen LogP contribution >= 0.6 is 0 Å². The Hall–Kier alpha value is -3.13.